The average Bonchev–Trinajstić information content (AvgIpc) is 2.14. The van der Waals surface area contributed by atoms with E-state index in [1.54, 1.807) is 100 Å². The van der Waals surface area contributed by atoms with Gasteiger partial charge in [0, 0.05) is 57.4 Å². The summed E-state index contributed by atoms with van der Waals surface area (Å²) in [5, 5.41) is 17.4. The van der Waals surface area contributed by atoms with E-state index in [1.165, 1.54) is 25.0 Å². The highest BCUT2D eigenvalue weighted by Gasteiger charge is 2.30. The molecule has 0 aliphatic carbocycles. The van der Waals surface area contributed by atoms with Gasteiger partial charge in [-0.2, -0.15) is 18.6 Å². The van der Waals surface area contributed by atoms with Crippen LogP contribution in [-0.4, -0.2) is 96.5 Å². The number of hydrogen-bond donors (Lipinski definition) is 2. The number of fused-ring (bicyclic) bond motifs is 4. The minimum atomic E-state index is -4.08. The van der Waals surface area contributed by atoms with Crippen molar-refractivity contribution in [3.63, 3.8) is 0 Å². The van der Waals surface area contributed by atoms with Crippen LogP contribution in [0.2, 0.25) is 10.0 Å². The molecule has 0 amide bonds. The fourth-order valence-electron chi connectivity index (χ4n) is 9.86. The summed E-state index contributed by atoms with van der Waals surface area (Å²) in [5.74, 6) is 0.931. The normalized spacial score (nSPS) is 12.6. The monoisotopic (exact) mass is 1310 g/mol. The van der Waals surface area contributed by atoms with Crippen molar-refractivity contribution in [3.8, 4) is 11.5 Å². The van der Waals surface area contributed by atoms with E-state index in [2.05, 4.69) is 29.4 Å². The van der Waals surface area contributed by atoms with Crippen molar-refractivity contribution in [1.82, 2.24) is 24.9 Å². The quantitative estimate of drug-likeness (QED) is 0.0569. The minimum absolute atomic E-state index is 0.00614. The Balaban J connectivity index is 0.000000189. The van der Waals surface area contributed by atoms with E-state index < -0.39 is 29.8 Å². The molecule has 0 unspecified atom stereocenters. The predicted octanol–water partition coefficient (Wildman–Crippen LogP) is 14.1. The minimum Gasteiger partial charge on any atom is -0.492 e. The van der Waals surface area contributed by atoms with Crippen LogP contribution < -0.4 is 20.5 Å². The van der Waals surface area contributed by atoms with Gasteiger partial charge in [-0.25, -0.2) is 16.8 Å². The van der Waals surface area contributed by atoms with Gasteiger partial charge in [-0.1, -0.05) is 166 Å². The maximum atomic E-state index is 14.2. The van der Waals surface area contributed by atoms with Gasteiger partial charge in [0.25, 0.3) is 10.1 Å². The Kier molecular flexibility index (Phi) is 22.5. The molecule has 3 N–H and O–H groups in total. The van der Waals surface area contributed by atoms with Gasteiger partial charge in [0.15, 0.2) is 10.1 Å². The fourth-order valence-corrected chi connectivity index (χ4v) is 14.4. The topological polar surface area (TPSA) is 213 Å². The van der Waals surface area contributed by atoms with Gasteiger partial charge < -0.3 is 25.3 Å². The Bertz CT molecular complexity index is 4590. The number of aryl methyl sites for hydroxylation is 1. The molecule has 3 heterocycles. The van der Waals surface area contributed by atoms with Crippen LogP contribution >= 0.6 is 23.2 Å². The molecule has 11 aromatic rings. The first-order chi connectivity index (χ1) is 43.2. The Morgan fingerprint density at radius 2 is 0.978 bits per heavy atom. The smallest absolute Gasteiger partial charge is 0.297 e. The number of hydrogen-bond acceptors (Lipinski definition) is 14. The summed E-state index contributed by atoms with van der Waals surface area (Å²) in [7, 11) is -12.0. The molecule has 1 aliphatic rings. The number of sulfone groups is 2. The van der Waals surface area contributed by atoms with Crippen molar-refractivity contribution in [2.75, 3.05) is 39.6 Å². The summed E-state index contributed by atoms with van der Waals surface area (Å²) in [5.41, 5.74) is 9.09. The van der Waals surface area contributed by atoms with Crippen LogP contribution in [0.25, 0.3) is 43.4 Å². The Morgan fingerprint density at radius 3 is 1.42 bits per heavy atom. The molecule has 16 nitrogen and oxygen atoms in total. The van der Waals surface area contributed by atoms with Crippen molar-refractivity contribution < 1.29 is 43.6 Å². The SMILES string of the molecule is C1CCOC1.CC(C)N.CC(C)NCCOc1ccc2c(c1)c(S(=O)(=O)c1cccc3ccccc13)nn2Cc1cccc(Cl)c1.Cc1ccc(S(=O)(=O)OCCOc2ccc3c(c2)c(S(=O)(=O)c2cccc4ccccc24)nn3Cc2cccc(Cl)c2)cc1. The molecule has 1 saturated heterocycles. The second kappa shape index (κ2) is 30.4. The maximum absolute atomic E-state index is 14.2. The van der Waals surface area contributed by atoms with Crippen LogP contribution in [0.5, 0.6) is 11.5 Å². The van der Waals surface area contributed by atoms with E-state index in [0.717, 1.165) is 40.7 Å². The second-order valence-electron chi connectivity index (χ2n) is 22.0. The van der Waals surface area contributed by atoms with Crippen molar-refractivity contribution in [2.45, 2.75) is 97.4 Å². The highest BCUT2D eigenvalue weighted by Crippen LogP contribution is 2.36. The molecular formula is C69H72Cl2N6O10S3. The maximum Gasteiger partial charge on any atom is 0.297 e. The van der Waals surface area contributed by atoms with Gasteiger partial charge in [-0.3, -0.25) is 13.5 Å². The number of benzene rings is 9. The molecule has 90 heavy (non-hydrogen) atoms. The van der Waals surface area contributed by atoms with Gasteiger partial charge in [-0.05, 0) is 133 Å². The molecule has 1 aliphatic heterocycles. The van der Waals surface area contributed by atoms with Crippen LogP contribution in [0.4, 0.5) is 0 Å². The van der Waals surface area contributed by atoms with Gasteiger partial charge in [0.2, 0.25) is 19.7 Å². The molecular weight excluding hydrogens is 1240 g/mol. The summed E-state index contributed by atoms with van der Waals surface area (Å²) < 4.78 is 107. The molecule has 9 aromatic carbocycles. The lowest BCUT2D eigenvalue weighted by atomic mass is 10.1. The number of rotatable bonds is 19. The largest absolute Gasteiger partial charge is 0.492 e. The van der Waals surface area contributed by atoms with Crippen LogP contribution in [0.15, 0.2) is 219 Å². The van der Waals surface area contributed by atoms with Crippen molar-refractivity contribution in [1.29, 1.82) is 0 Å². The highest BCUT2D eigenvalue weighted by atomic mass is 35.5. The Morgan fingerprint density at radius 1 is 0.533 bits per heavy atom. The lowest BCUT2D eigenvalue weighted by Crippen LogP contribution is -2.27. The van der Waals surface area contributed by atoms with Crippen LogP contribution in [0.1, 0.15) is 57.2 Å². The molecule has 2 aromatic heterocycles. The average molecular weight is 1310 g/mol. The summed E-state index contributed by atoms with van der Waals surface area (Å²) in [6.45, 7) is 13.4. The third-order valence-electron chi connectivity index (χ3n) is 14.1. The summed E-state index contributed by atoms with van der Waals surface area (Å²) in [4.78, 5) is 0.429. The van der Waals surface area contributed by atoms with E-state index in [9.17, 15) is 25.3 Å². The standard InChI is InChI=1S/C33H27ClN2O6S2.C29H28ClN3O3S.C4H8O.C3H9N/c1-23-12-15-28(16-13-23)44(39,40)42-19-18-41-27-14-17-31-30(21-27)33(35-36(31)22-24-6-4-9-26(34)20-24)43(37,38)32-11-5-8-25-7-2-3-10-29(25)32;1-20(2)31-15-16-36-24-13-14-27-26(18-24)29(32-33(27)19-21-7-5-10-23(30)17-21)37(34,35)28-12-6-9-22-8-3-4-11-25(22)28;1-2-4-5-3-1;1-3(2)4/h2-17,20-21H,18-19,22H2,1H3;3-14,17-18,20,31H,15-16,19H2,1-2H3;1-4H2;3H,4H2,1-2H3. The van der Waals surface area contributed by atoms with E-state index in [4.69, 9.17) is 47.3 Å². The third kappa shape index (κ3) is 17.0. The number of ether oxygens (including phenoxy) is 3. The molecule has 12 rings (SSSR count). The highest BCUT2D eigenvalue weighted by molar-refractivity contribution is 7.92. The van der Waals surface area contributed by atoms with Gasteiger partial charge >= 0.3 is 0 Å². The van der Waals surface area contributed by atoms with E-state index in [-0.39, 0.29) is 44.5 Å². The van der Waals surface area contributed by atoms with E-state index in [0.29, 0.717) is 85.9 Å². The Hall–Kier alpha value is -7.69. The first-order valence-electron chi connectivity index (χ1n) is 29.4. The fraction of sp³-hybridized carbons (Fsp3) is 0.246. The predicted molar refractivity (Wildman–Crippen MR) is 357 cm³/mol. The van der Waals surface area contributed by atoms with Gasteiger partial charge in [0.05, 0.1) is 38.8 Å². The summed E-state index contributed by atoms with van der Waals surface area (Å²) in [6, 6.07) is 57.5. The van der Waals surface area contributed by atoms with Crippen molar-refractivity contribution >= 4 is 96.3 Å². The zero-order chi connectivity index (χ0) is 64.0. The number of nitrogens with zero attached hydrogens (tertiary/aromatic N) is 4. The lowest BCUT2D eigenvalue weighted by molar-refractivity contribution is 0.198. The lowest BCUT2D eigenvalue weighted by Gasteiger charge is -2.10. The number of aromatic nitrogens is 4. The number of nitrogens with two attached hydrogens (primary N) is 1. The van der Waals surface area contributed by atoms with E-state index >= 15 is 0 Å². The number of nitrogens with one attached hydrogen (secondary N) is 1. The Labute approximate surface area is 536 Å². The number of halogens is 2. The zero-order valence-corrected chi connectivity index (χ0v) is 54.6. The first kappa shape index (κ1) is 66.7. The van der Waals surface area contributed by atoms with Gasteiger partial charge in [-0.15, -0.1) is 0 Å². The molecule has 0 atom stereocenters. The zero-order valence-electron chi connectivity index (χ0n) is 50.6. The molecule has 21 heteroatoms. The van der Waals surface area contributed by atoms with Crippen LogP contribution in [0, 0.1) is 6.92 Å². The third-order valence-corrected chi connectivity index (χ3v) is 19.3. The first-order valence-corrected chi connectivity index (χ1v) is 34.5. The molecule has 470 valence electrons. The summed E-state index contributed by atoms with van der Waals surface area (Å²) >= 11 is 12.4. The molecule has 0 radical (unpaired) electrons. The summed E-state index contributed by atoms with van der Waals surface area (Å²) in [6.07, 6.45) is 2.56. The molecule has 1 fully saturated rings. The molecule has 0 spiro atoms. The molecule has 0 saturated carbocycles. The van der Waals surface area contributed by atoms with Gasteiger partial charge in [0.1, 0.15) is 31.3 Å². The van der Waals surface area contributed by atoms with Crippen molar-refractivity contribution in [2.24, 2.45) is 5.73 Å². The van der Waals surface area contributed by atoms with E-state index in [1.807, 2.05) is 112 Å². The van der Waals surface area contributed by atoms with Crippen molar-refractivity contribution in [3.05, 3.63) is 221 Å². The second-order valence-corrected chi connectivity index (χ2v) is 28.1. The van der Waals surface area contributed by atoms with Crippen LogP contribution in [-0.2, 0) is 51.8 Å². The molecule has 0 bridgehead atoms. The van der Waals surface area contributed by atoms with Crippen LogP contribution in [0.3, 0.4) is 0 Å².